The lowest BCUT2D eigenvalue weighted by molar-refractivity contribution is -0.125. The zero-order valence-corrected chi connectivity index (χ0v) is 11.8. The predicted octanol–water partition coefficient (Wildman–Crippen LogP) is 1.72. The molecule has 1 aromatic heterocycles. The van der Waals surface area contributed by atoms with E-state index in [1.165, 1.54) is 11.8 Å². The van der Waals surface area contributed by atoms with Crippen LogP contribution in [0.25, 0.3) is 10.9 Å². The van der Waals surface area contributed by atoms with Crippen LogP contribution < -0.4 is 10.2 Å². The maximum atomic E-state index is 12.3. The Morgan fingerprint density at radius 2 is 1.95 bits per heavy atom. The Morgan fingerprint density at radius 1 is 1.25 bits per heavy atom. The van der Waals surface area contributed by atoms with E-state index in [1.807, 2.05) is 30.3 Å². The van der Waals surface area contributed by atoms with E-state index in [9.17, 15) is 9.59 Å². The summed E-state index contributed by atoms with van der Waals surface area (Å²) in [4.78, 5) is 29.2. The highest BCUT2D eigenvalue weighted by molar-refractivity contribution is 6.04. The summed E-state index contributed by atoms with van der Waals surface area (Å²) in [6, 6.07) is 8.90. The molecule has 1 aromatic carbocycles. The van der Waals surface area contributed by atoms with Gasteiger partial charge in [0.1, 0.15) is 6.04 Å². The minimum atomic E-state index is -0.573. The Hall–Kier alpha value is -2.43. The molecule has 0 aliphatic rings. The topological polar surface area (TPSA) is 62.3 Å². The number of aromatic nitrogens is 1. The number of rotatable bonds is 3. The van der Waals surface area contributed by atoms with Crippen LogP contribution in [0, 0.1) is 0 Å². The van der Waals surface area contributed by atoms with Gasteiger partial charge in [-0.1, -0.05) is 18.2 Å². The Bertz CT molecular complexity index is 649. The Labute approximate surface area is 117 Å². The van der Waals surface area contributed by atoms with Crippen LogP contribution in [-0.4, -0.2) is 29.9 Å². The van der Waals surface area contributed by atoms with Crippen LogP contribution in [0.1, 0.15) is 13.8 Å². The molecule has 0 spiro atoms. The monoisotopic (exact) mass is 271 g/mol. The fourth-order valence-electron chi connectivity index (χ4n) is 2.13. The van der Waals surface area contributed by atoms with Crippen LogP contribution in [0.5, 0.6) is 0 Å². The van der Waals surface area contributed by atoms with Gasteiger partial charge in [-0.3, -0.25) is 14.6 Å². The molecule has 20 heavy (non-hydrogen) atoms. The molecule has 5 nitrogen and oxygen atoms in total. The summed E-state index contributed by atoms with van der Waals surface area (Å²) in [5, 5.41) is 3.56. The maximum absolute atomic E-state index is 12.3. The first kappa shape index (κ1) is 14.0. The van der Waals surface area contributed by atoms with Crippen molar-refractivity contribution in [3.05, 3.63) is 36.5 Å². The second-order valence-electron chi connectivity index (χ2n) is 4.67. The third-order valence-corrected chi connectivity index (χ3v) is 3.09. The van der Waals surface area contributed by atoms with E-state index in [0.717, 1.165) is 16.6 Å². The zero-order chi connectivity index (χ0) is 14.7. The summed E-state index contributed by atoms with van der Waals surface area (Å²) in [6.07, 6.45) is 1.70. The smallest absolute Gasteiger partial charge is 0.249 e. The largest absolute Gasteiger partial charge is 0.345 e. The molecule has 1 N–H and O–H groups in total. The minimum absolute atomic E-state index is 0.182. The first-order chi connectivity index (χ1) is 9.50. The lowest BCUT2D eigenvalue weighted by Crippen LogP contribution is -2.45. The van der Waals surface area contributed by atoms with Crippen molar-refractivity contribution in [3.63, 3.8) is 0 Å². The van der Waals surface area contributed by atoms with Crippen LogP contribution in [0.3, 0.4) is 0 Å². The SMILES string of the molecule is CC(=O)N[C@@H](C)C(=O)N(C)c1cccc2cccnc12. The number of fused-ring (bicyclic) bond motifs is 1. The molecule has 0 bridgehead atoms. The van der Waals surface area contributed by atoms with Crippen molar-refractivity contribution in [2.24, 2.45) is 0 Å². The minimum Gasteiger partial charge on any atom is -0.345 e. The quantitative estimate of drug-likeness (QED) is 0.924. The van der Waals surface area contributed by atoms with E-state index < -0.39 is 6.04 Å². The number of hydrogen-bond donors (Lipinski definition) is 1. The van der Waals surface area contributed by atoms with Gasteiger partial charge in [0.05, 0.1) is 11.2 Å². The molecule has 2 amide bonds. The molecule has 1 heterocycles. The molecule has 2 aromatic rings. The van der Waals surface area contributed by atoms with Crippen LogP contribution in [0.15, 0.2) is 36.5 Å². The van der Waals surface area contributed by atoms with Gasteiger partial charge in [0.2, 0.25) is 11.8 Å². The number of hydrogen-bond acceptors (Lipinski definition) is 3. The highest BCUT2D eigenvalue weighted by atomic mass is 16.2. The molecule has 0 unspecified atom stereocenters. The van der Waals surface area contributed by atoms with Crippen molar-refractivity contribution >= 4 is 28.4 Å². The molecule has 1 atom stereocenters. The number of anilines is 1. The second-order valence-corrected chi connectivity index (χ2v) is 4.67. The molecule has 0 aliphatic heterocycles. The summed E-state index contributed by atoms with van der Waals surface area (Å²) in [5.41, 5.74) is 1.49. The van der Waals surface area contributed by atoms with Crippen molar-refractivity contribution in [1.82, 2.24) is 10.3 Å². The Kier molecular flexibility index (Phi) is 3.98. The van der Waals surface area contributed by atoms with Crippen LogP contribution in [0.4, 0.5) is 5.69 Å². The summed E-state index contributed by atoms with van der Waals surface area (Å²) in [5.74, 6) is -0.409. The molecule has 2 rings (SSSR count). The van der Waals surface area contributed by atoms with Gasteiger partial charge in [-0.15, -0.1) is 0 Å². The fraction of sp³-hybridized carbons (Fsp3) is 0.267. The van der Waals surface area contributed by atoms with E-state index in [0.29, 0.717) is 0 Å². The third-order valence-electron chi connectivity index (χ3n) is 3.09. The number of nitrogens with one attached hydrogen (secondary N) is 1. The molecule has 0 fully saturated rings. The number of carbonyl (C=O) groups excluding carboxylic acids is 2. The number of nitrogens with zero attached hydrogens (tertiary/aromatic N) is 2. The van der Waals surface area contributed by atoms with E-state index in [4.69, 9.17) is 0 Å². The first-order valence-electron chi connectivity index (χ1n) is 6.39. The highest BCUT2D eigenvalue weighted by Gasteiger charge is 2.20. The molecular weight excluding hydrogens is 254 g/mol. The summed E-state index contributed by atoms with van der Waals surface area (Å²) in [6.45, 7) is 3.06. The van der Waals surface area contributed by atoms with E-state index >= 15 is 0 Å². The number of pyridine rings is 1. The van der Waals surface area contributed by atoms with Gasteiger partial charge in [-0.25, -0.2) is 0 Å². The number of benzene rings is 1. The molecule has 0 saturated heterocycles. The highest BCUT2D eigenvalue weighted by Crippen LogP contribution is 2.24. The number of para-hydroxylation sites is 1. The average Bonchev–Trinajstić information content (AvgIpc) is 2.44. The van der Waals surface area contributed by atoms with Crippen molar-refractivity contribution in [2.75, 3.05) is 11.9 Å². The van der Waals surface area contributed by atoms with Gasteiger partial charge in [0, 0.05) is 25.6 Å². The van der Waals surface area contributed by atoms with E-state index in [2.05, 4.69) is 10.3 Å². The molecule has 5 heteroatoms. The lowest BCUT2D eigenvalue weighted by Gasteiger charge is -2.22. The van der Waals surface area contributed by atoms with Crippen LogP contribution in [-0.2, 0) is 9.59 Å². The standard InChI is InChI=1S/C15H17N3O2/c1-10(17-11(2)19)15(20)18(3)13-8-4-6-12-7-5-9-16-14(12)13/h4-10H,1-3H3,(H,17,19)/t10-/m0/s1. The van der Waals surface area contributed by atoms with Gasteiger partial charge in [-0.2, -0.15) is 0 Å². The van der Waals surface area contributed by atoms with Gasteiger partial charge >= 0.3 is 0 Å². The van der Waals surface area contributed by atoms with Crippen LogP contribution in [0.2, 0.25) is 0 Å². The molecule has 0 aliphatic carbocycles. The molecule has 0 saturated carbocycles. The Balaban J connectivity index is 2.34. The van der Waals surface area contributed by atoms with Crippen LogP contribution >= 0.6 is 0 Å². The molecule has 0 radical (unpaired) electrons. The zero-order valence-electron chi connectivity index (χ0n) is 11.8. The number of carbonyl (C=O) groups is 2. The van der Waals surface area contributed by atoms with Crippen molar-refractivity contribution in [2.45, 2.75) is 19.9 Å². The number of amides is 2. The van der Waals surface area contributed by atoms with Gasteiger partial charge < -0.3 is 10.2 Å². The summed E-state index contributed by atoms with van der Waals surface area (Å²) >= 11 is 0. The normalized spacial score (nSPS) is 11.9. The van der Waals surface area contributed by atoms with Crippen molar-refractivity contribution in [1.29, 1.82) is 0 Å². The third kappa shape index (κ3) is 2.77. The van der Waals surface area contributed by atoms with E-state index in [-0.39, 0.29) is 11.8 Å². The summed E-state index contributed by atoms with van der Waals surface area (Å²) < 4.78 is 0. The molecular formula is C15H17N3O2. The summed E-state index contributed by atoms with van der Waals surface area (Å²) in [7, 11) is 1.68. The second kappa shape index (κ2) is 5.69. The van der Waals surface area contributed by atoms with Gasteiger partial charge in [0.15, 0.2) is 0 Å². The van der Waals surface area contributed by atoms with Gasteiger partial charge in [0.25, 0.3) is 0 Å². The number of likely N-dealkylation sites (N-methyl/N-ethyl adjacent to an activating group) is 1. The van der Waals surface area contributed by atoms with Gasteiger partial charge in [-0.05, 0) is 19.1 Å². The lowest BCUT2D eigenvalue weighted by atomic mass is 10.1. The fourth-order valence-corrected chi connectivity index (χ4v) is 2.13. The average molecular weight is 271 g/mol. The van der Waals surface area contributed by atoms with E-state index in [1.54, 1.807) is 20.2 Å². The maximum Gasteiger partial charge on any atom is 0.249 e. The van der Waals surface area contributed by atoms with Crippen molar-refractivity contribution < 1.29 is 9.59 Å². The first-order valence-corrected chi connectivity index (χ1v) is 6.39. The molecule has 104 valence electrons. The predicted molar refractivity (Wildman–Crippen MR) is 78.4 cm³/mol. The Morgan fingerprint density at radius 3 is 2.65 bits per heavy atom. The van der Waals surface area contributed by atoms with Crippen molar-refractivity contribution in [3.8, 4) is 0 Å².